The number of carbonyl (C=O) groups is 6. The summed E-state index contributed by atoms with van der Waals surface area (Å²) in [6.07, 6.45) is 2.70. The van der Waals surface area contributed by atoms with E-state index in [0.29, 0.717) is 12.8 Å². The second-order valence-corrected chi connectivity index (χ2v) is 19.6. The molecule has 444 valence electrons. The van der Waals surface area contributed by atoms with Gasteiger partial charge in [0.1, 0.15) is 17.9 Å². The zero-order valence-electron chi connectivity index (χ0n) is 43.9. The van der Waals surface area contributed by atoms with Crippen molar-refractivity contribution >= 4 is 99.2 Å². The van der Waals surface area contributed by atoms with Crippen molar-refractivity contribution in [3.05, 3.63) is 84.6 Å². The normalized spacial score (nSPS) is 11.0. The lowest BCUT2D eigenvalue weighted by atomic mass is 10.3. The molecular formula is C48H71Br4N9O18. The topological polar surface area (TPSA) is 327 Å². The SMILES string of the molecule is C=CC(=O)NCCCn1c(=O)c(Br)c(Br)c(=O)n1CCC(=O)NCCOCCOCCN(CCOCCOCCNC(=O)CCn1c(=O)c(Br)c(Br)c(=O)n1CCCNC(=O)C=C)C(=O)CCOCCOCCOCCC(=O)O. The lowest BCUT2D eigenvalue weighted by Gasteiger charge is -2.23. The fraction of sp³-hybridized carbons (Fsp3) is 0.625. The number of aliphatic carboxylic acids is 1. The lowest BCUT2D eigenvalue weighted by Crippen LogP contribution is -2.41. The smallest absolute Gasteiger partial charge is 0.305 e. The molecular weight excluding hydrogens is 1310 g/mol. The molecule has 5 N–H and O–H groups in total. The van der Waals surface area contributed by atoms with Crippen LogP contribution in [0.5, 0.6) is 0 Å². The molecule has 0 bridgehead atoms. The van der Waals surface area contributed by atoms with E-state index in [2.05, 4.69) is 98.1 Å². The van der Waals surface area contributed by atoms with Crippen LogP contribution in [0.25, 0.3) is 0 Å². The highest BCUT2D eigenvalue weighted by molar-refractivity contribution is 9.13. The van der Waals surface area contributed by atoms with Crippen molar-refractivity contribution in [3.8, 4) is 0 Å². The number of nitrogens with zero attached hydrogens (tertiary/aromatic N) is 5. The average molecular weight is 1380 g/mol. The predicted octanol–water partition coefficient (Wildman–Crippen LogP) is 0.290. The van der Waals surface area contributed by atoms with Gasteiger partial charge in [-0.25, -0.2) is 18.7 Å². The Kier molecular flexibility index (Phi) is 37.6. The van der Waals surface area contributed by atoms with E-state index in [-0.39, 0.29) is 231 Å². The van der Waals surface area contributed by atoms with Gasteiger partial charge >= 0.3 is 5.97 Å². The number of nitrogens with one attached hydrogen (secondary N) is 4. The molecule has 5 amide bonds. The molecule has 0 saturated carbocycles. The van der Waals surface area contributed by atoms with Gasteiger partial charge in [-0.3, -0.25) is 47.9 Å². The fourth-order valence-corrected chi connectivity index (χ4v) is 8.17. The third kappa shape index (κ3) is 29.0. The van der Waals surface area contributed by atoms with E-state index in [9.17, 15) is 47.9 Å². The lowest BCUT2D eigenvalue weighted by molar-refractivity contribution is -0.138. The monoisotopic (exact) mass is 1380 g/mol. The van der Waals surface area contributed by atoms with Gasteiger partial charge in [-0.15, -0.1) is 0 Å². The summed E-state index contributed by atoms with van der Waals surface area (Å²) >= 11 is 12.6. The first-order chi connectivity index (χ1) is 37.9. The molecule has 0 aliphatic carbocycles. The first kappa shape index (κ1) is 70.4. The molecule has 0 saturated heterocycles. The average Bonchev–Trinajstić information content (AvgIpc) is 3.44. The number of carbonyl (C=O) groups excluding carboxylic acids is 5. The minimum atomic E-state index is -0.949. The molecule has 27 nitrogen and oxygen atoms in total. The molecule has 0 spiro atoms. The van der Waals surface area contributed by atoms with Crippen LogP contribution in [-0.2, 0) is 88.1 Å². The molecule has 2 heterocycles. The summed E-state index contributed by atoms with van der Waals surface area (Å²) < 4.78 is 43.7. The summed E-state index contributed by atoms with van der Waals surface area (Å²) in [6.45, 7) is 10.8. The highest BCUT2D eigenvalue weighted by atomic mass is 79.9. The summed E-state index contributed by atoms with van der Waals surface area (Å²) in [5, 5.41) is 19.3. The van der Waals surface area contributed by atoms with Gasteiger partial charge in [0.25, 0.3) is 22.2 Å². The van der Waals surface area contributed by atoms with Gasteiger partial charge in [-0.1, -0.05) is 13.2 Å². The maximum atomic E-state index is 13.2. The highest BCUT2D eigenvalue weighted by Gasteiger charge is 2.19. The molecule has 79 heavy (non-hydrogen) atoms. The molecule has 0 atom stereocenters. The largest absolute Gasteiger partial charge is 0.481 e. The van der Waals surface area contributed by atoms with Gasteiger partial charge in [-0.2, -0.15) is 0 Å². The minimum Gasteiger partial charge on any atom is -0.481 e. The number of carboxylic acid groups (broad SMARTS) is 1. The van der Waals surface area contributed by atoms with E-state index in [1.807, 2.05) is 0 Å². The number of amides is 5. The third-order valence-corrected chi connectivity index (χ3v) is 14.7. The second kappa shape index (κ2) is 42.2. The number of aromatic nitrogens is 4. The van der Waals surface area contributed by atoms with Crippen LogP contribution in [0.3, 0.4) is 0 Å². The first-order valence-corrected chi connectivity index (χ1v) is 28.4. The Balaban J connectivity index is 1.76. The zero-order chi connectivity index (χ0) is 58.4. The summed E-state index contributed by atoms with van der Waals surface area (Å²) in [5.74, 6) is -2.64. The van der Waals surface area contributed by atoms with E-state index in [0.717, 1.165) is 12.2 Å². The number of hydrogen-bond acceptors (Lipinski definition) is 17. The third-order valence-electron chi connectivity index (χ3n) is 10.7. The number of rotatable bonds is 46. The van der Waals surface area contributed by atoms with Crippen LogP contribution in [0.2, 0.25) is 0 Å². The summed E-state index contributed by atoms with van der Waals surface area (Å²) in [6, 6.07) is 0. The van der Waals surface area contributed by atoms with Crippen molar-refractivity contribution in [2.75, 3.05) is 132 Å². The molecule has 2 aromatic rings. The van der Waals surface area contributed by atoms with E-state index >= 15 is 0 Å². The fourth-order valence-electron chi connectivity index (χ4n) is 6.67. The zero-order valence-corrected chi connectivity index (χ0v) is 50.3. The second-order valence-electron chi connectivity index (χ2n) is 16.4. The molecule has 0 aliphatic heterocycles. The maximum absolute atomic E-state index is 13.2. The number of hydrogen-bond donors (Lipinski definition) is 5. The number of carboxylic acids is 1. The Morgan fingerprint density at radius 2 is 0.747 bits per heavy atom. The maximum Gasteiger partial charge on any atom is 0.305 e. The van der Waals surface area contributed by atoms with E-state index in [1.165, 1.54) is 18.7 Å². The van der Waals surface area contributed by atoms with Gasteiger partial charge in [0.2, 0.25) is 29.5 Å². The molecule has 31 heteroatoms. The van der Waals surface area contributed by atoms with Gasteiger partial charge < -0.3 is 64.4 Å². The first-order valence-electron chi connectivity index (χ1n) is 25.2. The molecule has 0 radical (unpaired) electrons. The molecule has 0 aromatic carbocycles. The van der Waals surface area contributed by atoms with E-state index in [1.54, 1.807) is 4.90 Å². The van der Waals surface area contributed by atoms with Crippen LogP contribution < -0.4 is 43.5 Å². The molecule has 0 aliphatic rings. The van der Waals surface area contributed by atoms with Crippen LogP contribution in [0.4, 0.5) is 0 Å². The Labute approximate surface area is 489 Å². The molecule has 2 aromatic heterocycles. The van der Waals surface area contributed by atoms with Gasteiger partial charge in [0.15, 0.2) is 0 Å². The van der Waals surface area contributed by atoms with Crippen LogP contribution >= 0.6 is 63.7 Å². The van der Waals surface area contributed by atoms with E-state index < -0.39 is 28.2 Å². The van der Waals surface area contributed by atoms with Crippen molar-refractivity contribution in [2.24, 2.45) is 0 Å². The Bertz CT molecular complexity index is 2380. The molecule has 2 rings (SSSR count). The van der Waals surface area contributed by atoms with Crippen molar-refractivity contribution in [1.82, 2.24) is 44.9 Å². The summed E-state index contributed by atoms with van der Waals surface area (Å²) in [7, 11) is 0. The summed E-state index contributed by atoms with van der Waals surface area (Å²) in [5.41, 5.74) is -1.98. The highest BCUT2D eigenvalue weighted by Crippen LogP contribution is 2.15. The molecule has 0 fully saturated rings. The van der Waals surface area contributed by atoms with Crippen LogP contribution in [-0.4, -0.2) is 196 Å². The number of halogens is 4. The Morgan fingerprint density at radius 3 is 1.10 bits per heavy atom. The quantitative estimate of drug-likeness (QED) is 0.0439. The minimum absolute atomic E-state index is 0.0262. The summed E-state index contributed by atoms with van der Waals surface area (Å²) in [4.78, 5) is 125. The van der Waals surface area contributed by atoms with Crippen molar-refractivity contribution < 1.29 is 67.0 Å². The number of ether oxygens (including phenoxy) is 7. The van der Waals surface area contributed by atoms with Gasteiger partial charge in [-0.05, 0) is 88.7 Å². The van der Waals surface area contributed by atoms with Crippen LogP contribution in [0, 0.1) is 0 Å². The Morgan fingerprint density at radius 1 is 0.430 bits per heavy atom. The van der Waals surface area contributed by atoms with Gasteiger partial charge in [0.05, 0.1) is 118 Å². The van der Waals surface area contributed by atoms with E-state index in [4.69, 9.17) is 38.3 Å². The molecule has 0 unspecified atom stereocenters. The van der Waals surface area contributed by atoms with Crippen molar-refractivity contribution in [1.29, 1.82) is 0 Å². The van der Waals surface area contributed by atoms with Crippen molar-refractivity contribution in [2.45, 2.75) is 64.7 Å². The Hall–Kier alpha value is -4.70. The van der Waals surface area contributed by atoms with Crippen LogP contribution in [0.1, 0.15) is 38.5 Å². The van der Waals surface area contributed by atoms with Gasteiger partial charge in [0, 0.05) is 65.2 Å². The van der Waals surface area contributed by atoms with Crippen molar-refractivity contribution in [3.63, 3.8) is 0 Å². The predicted molar refractivity (Wildman–Crippen MR) is 301 cm³/mol. The standard InChI is InChI=1S/C48H71Br4N9O18/c1-3-35(62)53-11-5-15-58-45(69)41(49)43(51)47(71)60(58)17-7-37(64)55-13-23-75-29-31-77-25-19-57(39(66)9-21-73-27-33-79-34-28-74-22-10-40(67)68)20-26-78-32-30-76-24-14-56-38(65)8-18-61-48(72)44(52)42(50)46(70)59(61)16-6-12-54-36(63)4-2/h3-4H,1-2,5-34H2,(H,53,62)(H,54,63)(H,55,64)(H,56,65)(H,67,68). The van der Waals surface area contributed by atoms with Crippen LogP contribution in [0.15, 0.2) is 62.4 Å².